The fraction of sp³-hybridized carbons (Fsp3) is 0.409. The molecule has 140 valence electrons. The Bertz CT molecular complexity index is 645. The van der Waals surface area contributed by atoms with Crippen LogP contribution in [0.4, 0.5) is 0 Å². The van der Waals surface area contributed by atoms with Crippen LogP contribution in [0.25, 0.3) is 0 Å². The largest absolute Gasteiger partial charge is 0.386 e. The Kier molecular flexibility index (Phi) is 8.32. The molecule has 0 saturated heterocycles. The van der Waals surface area contributed by atoms with Crippen molar-refractivity contribution in [3.8, 4) is 0 Å². The second kappa shape index (κ2) is 10.7. The number of hydrogen-bond donors (Lipinski definition) is 1. The molecule has 2 aromatic carbocycles. The van der Waals surface area contributed by atoms with Crippen molar-refractivity contribution in [3.63, 3.8) is 0 Å². The van der Waals surface area contributed by atoms with Gasteiger partial charge in [0.15, 0.2) is 0 Å². The Morgan fingerprint density at radius 2 is 1.65 bits per heavy atom. The van der Waals surface area contributed by atoms with Gasteiger partial charge in [-0.15, -0.1) is 0 Å². The third kappa shape index (κ3) is 6.28. The number of benzene rings is 2. The van der Waals surface area contributed by atoms with Crippen molar-refractivity contribution in [2.45, 2.75) is 44.9 Å². The summed E-state index contributed by atoms with van der Waals surface area (Å²) in [5.74, 6) is 0.0514. The highest BCUT2D eigenvalue weighted by Crippen LogP contribution is 2.20. The summed E-state index contributed by atoms with van der Waals surface area (Å²) in [5, 5.41) is 10.4. The summed E-state index contributed by atoms with van der Waals surface area (Å²) >= 11 is 0. The average molecular weight is 355 g/mol. The molecule has 1 amide bonds. The summed E-state index contributed by atoms with van der Waals surface area (Å²) in [6.07, 6.45) is 1.42. The predicted octanol–water partition coefficient (Wildman–Crippen LogP) is 3.95. The molecule has 4 nitrogen and oxygen atoms in total. The van der Waals surface area contributed by atoms with Gasteiger partial charge in [-0.3, -0.25) is 4.79 Å². The van der Waals surface area contributed by atoms with Gasteiger partial charge in [-0.2, -0.15) is 0 Å². The summed E-state index contributed by atoms with van der Waals surface area (Å²) in [6.45, 7) is 3.13. The van der Waals surface area contributed by atoms with Gasteiger partial charge in [0.1, 0.15) is 0 Å². The number of rotatable bonds is 10. The average Bonchev–Trinajstić information content (AvgIpc) is 2.70. The van der Waals surface area contributed by atoms with E-state index in [2.05, 4.69) is 0 Å². The summed E-state index contributed by atoms with van der Waals surface area (Å²) in [4.78, 5) is 14.0. The number of amides is 1. The van der Waals surface area contributed by atoms with Crippen molar-refractivity contribution < 1.29 is 14.6 Å². The van der Waals surface area contributed by atoms with E-state index in [0.717, 1.165) is 24.0 Å². The molecule has 0 heterocycles. The highest BCUT2D eigenvalue weighted by molar-refractivity contribution is 5.76. The lowest BCUT2D eigenvalue weighted by molar-refractivity contribution is -0.134. The van der Waals surface area contributed by atoms with Crippen molar-refractivity contribution in [1.29, 1.82) is 0 Å². The SMILES string of the molecule is C[C@@H]([C@@H](O)c1ccccc1)N(C)C(=O)CCCCOCc1ccccc1. The standard InChI is InChI=1S/C22H29NO3/c1-18(22(25)20-13-7-4-8-14-20)23(2)21(24)15-9-10-16-26-17-19-11-5-3-6-12-19/h3-8,11-14,18,22,25H,9-10,15-17H2,1-2H3/t18-,22+/m0/s1. The van der Waals surface area contributed by atoms with E-state index in [-0.39, 0.29) is 11.9 Å². The summed E-state index contributed by atoms with van der Waals surface area (Å²) < 4.78 is 5.64. The Hall–Kier alpha value is -2.17. The molecule has 0 radical (unpaired) electrons. The quantitative estimate of drug-likeness (QED) is 0.657. The molecule has 0 aliphatic carbocycles. The second-order valence-corrected chi connectivity index (χ2v) is 6.60. The molecule has 0 fully saturated rings. The molecule has 0 spiro atoms. The monoisotopic (exact) mass is 355 g/mol. The Labute approximate surface area is 156 Å². The molecule has 0 aliphatic heterocycles. The highest BCUT2D eigenvalue weighted by Gasteiger charge is 2.23. The molecular weight excluding hydrogens is 326 g/mol. The topological polar surface area (TPSA) is 49.8 Å². The zero-order valence-corrected chi connectivity index (χ0v) is 15.7. The van der Waals surface area contributed by atoms with Crippen molar-refractivity contribution in [2.24, 2.45) is 0 Å². The number of ether oxygens (including phenoxy) is 1. The second-order valence-electron chi connectivity index (χ2n) is 6.60. The number of likely N-dealkylation sites (N-methyl/N-ethyl adjacent to an activating group) is 1. The minimum absolute atomic E-state index is 0.0514. The minimum atomic E-state index is -0.681. The van der Waals surface area contributed by atoms with Crippen LogP contribution in [0, 0.1) is 0 Å². The fourth-order valence-electron chi connectivity index (χ4n) is 2.79. The molecule has 26 heavy (non-hydrogen) atoms. The van der Waals surface area contributed by atoms with Crippen molar-refractivity contribution >= 4 is 5.91 Å². The fourth-order valence-corrected chi connectivity index (χ4v) is 2.79. The normalized spacial score (nSPS) is 13.2. The lowest BCUT2D eigenvalue weighted by Gasteiger charge is -2.29. The van der Waals surface area contributed by atoms with E-state index < -0.39 is 6.10 Å². The molecule has 0 saturated carbocycles. The Morgan fingerprint density at radius 1 is 1.04 bits per heavy atom. The Balaban J connectivity index is 1.65. The van der Waals surface area contributed by atoms with E-state index in [4.69, 9.17) is 4.74 Å². The highest BCUT2D eigenvalue weighted by atomic mass is 16.5. The van der Waals surface area contributed by atoms with Crippen molar-refractivity contribution in [2.75, 3.05) is 13.7 Å². The first-order valence-electron chi connectivity index (χ1n) is 9.20. The van der Waals surface area contributed by atoms with Gasteiger partial charge in [-0.1, -0.05) is 60.7 Å². The first-order valence-corrected chi connectivity index (χ1v) is 9.20. The predicted molar refractivity (Wildman–Crippen MR) is 104 cm³/mol. The number of carbonyl (C=O) groups is 1. The van der Waals surface area contributed by atoms with Crippen LogP contribution >= 0.6 is 0 Å². The summed E-state index contributed by atoms with van der Waals surface area (Å²) in [5.41, 5.74) is 1.99. The minimum Gasteiger partial charge on any atom is -0.386 e. The van der Waals surface area contributed by atoms with Crippen LogP contribution in [0.15, 0.2) is 60.7 Å². The van der Waals surface area contributed by atoms with E-state index in [1.165, 1.54) is 0 Å². The third-order valence-corrected chi connectivity index (χ3v) is 4.64. The zero-order chi connectivity index (χ0) is 18.8. The maximum absolute atomic E-state index is 12.3. The molecule has 1 N–H and O–H groups in total. The number of nitrogens with zero attached hydrogens (tertiary/aromatic N) is 1. The molecule has 0 bridgehead atoms. The number of unbranched alkanes of at least 4 members (excludes halogenated alkanes) is 1. The van der Waals surface area contributed by atoms with Crippen LogP contribution in [-0.2, 0) is 16.1 Å². The van der Waals surface area contributed by atoms with E-state index in [9.17, 15) is 9.90 Å². The first kappa shape index (κ1) is 20.1. The molecule has 0 aromatic heterocycles. The van der Waals surface area contributed by atoms with Crippen molar-refractivity contribution in [3.05, 3.63) is 71.8 Å². The van der Waals surface area contributed by atoms with Crippen LogP contribution in [0.5, 0.6) is 0 Å². The van der Waals surface area contributed by atoms with Crippen LogP contribution < -0.4 is 0 Å². The van der Waals surface area contributed by atoms with Crippen LogP contribution in [-0.4, -0.2) is 35.6 Å². The van der Waals surface area contributed by atoms with E-state index in [0.29, 0.717) is 19.6 Å². The smallest absolute Gasteiger partial charge is 0.222 e. The Morgan fingerprint density at radius 3 is 2.31 bits per heavy atom. The van der Waals surface area contributed by atoms with Gasteiger partial charge in [0, 0.05) is 20.1 Å². The van der Waals surface area contributed by atoms with E-state index in [1.54, 1.807) is 11.9 Å². The molecular formula is C22H29NO3. The summed E-state index contributed by atoms with van der Waals surface area (Å²) in [7, 11) is 1.76. The van der Waals surface area contributed by atoms with Gasteiger partial charge in [-0.05, 0) is 30.9 Å². The number of aliphatic hydroxyl groups is 1. The lowest BCUT2D eigenvalue weighted by atomic mass is 10.0. The van der Waals surface area contributed by atoms with E-state index in [1.807, 2.05) is 67.6 Å². The maximum atomic E-state index is 12.3. The van der Waals surface area contributed by atoms with Gasteiger partial charge >= 0.3 is 0 Å². The van der Waals surface area contributed by atoms with Gasteiger partial charge in [0.05, 0.1) is 18.8 Å². The van der Waals surface area contributed by atoms with Crippen LogP contribution in [0.2, 0.25) is 0 Å². The van der Waals surface area contributed by atoms with Gasteiger partial charge < -0.3 is 14.7 Å². The molecule has 0 unspecified atom stereocenters. The first-order chi connectivity index (χ1) is 12.6. The maximum Gasteiger partial charge on any atom is 0.222 e. The molecule has 2 aromatic rings. The van der Waals surface area contributed by atoms with Gasteiger partial charge in [0.2, 0.25) is 5.91 Å². The van der Waals surface area contributed by atoms with Gasteiger partial charge in [-0.25, -0.2) is 0 Å². The van der Waals surface area contributed by atoms with Gasteiger partial charge in [0.25, 0.3) is 0 Å². The number of aliphatic hydroxyl groups excluding tert-OH is 1. The third-order valence-electron chi connectivity index (χ3n) is 4.64. The number of hydrogen-bond acceptors (Lipinski definition) is 3. The van der Waals surface area contributed by atoms with Crippen molar-refractivity contribution in [1.82, 2.24) is 4.90 Å². The zero-order valence-electron chi connectivity index (χ0n) is 15.7. The summed E-state index contributed by atoms with van der Waals surface area (Å²) in [6, 6.07) is 19.3. The molecule has 4 heteroatoms. The molecule has 2 rings (SSSR count). The number of carbonyl (C=O) groups excluding carboxylic acids is 1. The lowest BCUT2D eigenvalue weighted by Crippen LogP contribution is -2.38. The molecule has 2 atom stereocenters. The molecule has 0 aliphatic rings. The van der Waals surface area contributed by atoms with Crippen LogP contribution in [0.1, 0.15) is 43.4 Å². The van der Waals surface area contributed by atoms with E-state index >= 15 is 0 Å². The van der Waals surface area contributed by atoms with Crippen LogP contribution in [0.3, 0.4) is 0 Å².